The molecule has 6 nitrogen and oxygen atoms in total. The number of rotatable bonds is 7. The Balaban J connectivity index is 1.39. The van der Waals surface area contributed by atoms with Gasteiger partial charge in [-0.05, 0) is 49.6 Å². The number of carbonyl (C=O) groups excluding carboxylic acids is 1. The van der Waals surface area contributed by atoms with Gasteiger partial charge in [0.1, 0.15) is 5.69 Å². The minimum absolute atomic E-state index is 0.215. The van der Waals surface area contributed by atoms with Crippen LogP contribution in [0.25, 0.3) is 10.9 Å². The van der Waals surface area contributed by atoms with Gasteiger partial charge in [-0.3, -0.25) is 4.79 Å². The molecule has 2 N–H and O–H groups in total. The number of H-pyrrole nitrogens is 1. The number of fused-ring (bicyclic) bond motifs is 1. The second kappa shape index (κ2) is 8.78. The van der Waals surface area contributed by atoms with Crippen molar-refractivity contribution in [2.24, 2.45) is 0 Å². The monoisotopic (exact) mass is 399 g/mol. The molecule has 2 heterocycles. The fourth-order valence-corrected chi connectivity index (χ4v) is 3.59. The Hall–Kier alpha value is -3.67. The van der Waals surface area contributed by atoms with Crippen LogP contribution in [-0.4, -0.2) is 33.9 Å². The van der Waals surface area contributed by atoms with E-state index in [-0.39, 0.29) is 5.91 Å². The molecule has 152 valence electrons. The predicted octanol–water partition coefficient (Wildman–Crippen LogP) is 4.40. The Bertz CT molecular complexity index is 1150. The van der Waals surface area contributed by atoms with Crippen LogP contribution in [-0.2, 0) is 6.42 Å². The largest absolute Gasteiger partial charge is 0.361 e. The van der Waals surface area contributed by atoms with E-state index in [1.165, 1.54) is 22.7 Å². The number of aromatic nitrogens is 3. The number of benzene rings is 2. The second-order valence-electron chi connectivity index (χ2n) is 7.21. The van der Waals surface area contributed by atoms with Gasteiger partial charge >= 0.3 is 0 Å². The number of nitrogens with zero attached hydrogens (tertiary/aromatic N) is 3. The molecule has 30 heavy (non-hydrogen) atoms. The minimum Gasteiger partial charge on any atom is -0.361 e. The van der Waals surface area contributed by atoms with E-state index < -0.39 is 0 Å². The Morgan fingerprint density at radius 3 is 2.73 bits per heavy atom. The lowest BCUT2D eigenvalue weighted by Gasteiger charge is -2.22. The summed E-state index contributed by atoms with van der Waals surface area (Å²) < 4.78 is 0. The zero-order chi connectivity index (χ0) is 20.9. The number of hydrogen-bond acceptors (Lipinski definition) is 4. The molecule has 2 aromatic heterocycles. The van der Waals surface area contributed by atoms with Crippen LogP contribution in [0.4, 0.5) is 11.5 Å². The van der Waals surface area contributed by atoms with E-state index in [1.54, 1.807) is 6.20 Å². The maximum Gasteiger partial charge on any atom is 0.271 e. The van der Waals surface area contributed by atoms with Gasteiger partial charge in [-0.15, -0.1) is 0 Å². The molecular formula is C24H25N5O. The van der Waals surface area contributed by atoms with E-state index in [9.17, 15) is 4.79 Å². The molecule has 0 radical (unpaired) electrons. The van der Waals surface area contributed by atoms with Crippen molar-refractivity contribution in [3.05, 3.63) is 83.9 Å². The lowest BCUT2D eigenvalue weighted by molar-refractivity contribution is 0.0949. The fraction of sp³-hybridized carbons (Fsp3) is 0.208. The summed E-state index contributed by atoms with van der Waals surface area (Å²) in [6, 6.07) is 16.4. The van der Waals surface area contributed by atoms with Crippen LogP contribution in [0.15, 0.2) is 67.1 Å². The third-order valence-corrected chi connectivity index (χ3v) is 5.13. The summed E-state index contributed by atoms with van der Waals surface area (Å²) in [5, 5.41) is 4.12. The van der Waals surface area contributed by atoms with Gasteiger partial charge in [0.15, 0.2) is 5.82 Å². The maximum absolute atomic E-state index is 12.5. The Kier molecular flexibility index (Phi) is 5.75. The topological polar surface area (TPSA) is 73.9 Å². The summed E-state index contributed by atoms with van der Waals surface area (Å²) in [7, 11) is 0. The highest BCUT2D eigenvalue weighted by Crippen LogP contribution is 2.23. The van der Waals surface area contributed by atoms with Crippen molar-refractivity contribution in [2.75, 3.05) is 18.0 Å². The number of para-hydroxylation sites is 1. The summed E-state index contributed by atoms with van der Waals surface area (Å²) in [6.07, 6.45) is 5.93. The Labute approximate surface area is 176 Å². The zero-order valence-electron chi connectivity index (χ0n) is 17.2. The summed E-state index contributed by atoms with van der Waals surface area (Å²) in [6.45, 7) is 5.42. The molecule has 0 saturated heterocycles. The number of carbonyl (C=O) groups is 1. The standard InChI is InChI=1S/C24H25N5O/c1-3-29(19-8-6-7-17(2)13-19)23-16-27-22(15-28-23)24(30)25-12-11-18-14-26-21-10-5-4-9-20(18)21/h4-10,13-16,26H,3,11-12H2,1-2H3,(H,25,30). The number of amides is 1. The van der Waals surface area contributed by atoms with Crippen LogP contribution in [0.1, 0.15) is 28.5 Å². The van der Waals surface area contributed by atoms with Crippen molar-refractivity contribution in [1.82, 2.24) is 20.3 Å². The van der Waals surface area contributed by atoms with Gasteiger partial charge in [0.25, 0.3) is 5.91 Å². The molecule has 0 saturated carbocycles. The quantitative estimate of drug-likeness (QED) is 0.483. The first-order valence-electron chi connectivity index (χ1n) is 10.1. The van der Waals surface area contributed by atoms with Gasteiger partial charge in [-0.25, -0.2) is 9.97 Å². The van der Waals surface area contributed by atoms with E-state index in [0.717, 1.165) is 30.0 Å². The van der Waals surface area contributed by atoms with Crippen LogP contribution >= 0.6 is 0 Å². The van der Waals surface area contributed by atoms with Crippen molar-refractivity contribution in [3.8, 4) is 0 Å². The molecule has 2 aromatic carbocycles. The fourth-order valence-electron chi connectivity index (χ4n) is 3.59. The molecule has 0 unspecified atom stereocenters. The average Bonchev–Trinajstić information content (AvgIpc) is 3.18. The molecular weight excluding hydrogens is 374 g/mol. The third-order valence-electron chi connectivity index (χ3n) is 5.13. The van der Waals surface area contributed by atoms with Gasteiger partial charge in [0.2, 0.25) is 0 Å². The zero-order valence-corrected chi connectivity index (χ0v) is 17.2. The SMILES string of the molecule is CCN(c1cccc(C)c1)c1cnc(C(=O)NCCc2c[nH]c3ccccc23)cn1. The van der Waals surface area contributed by atoms with E-state index in [1.807, 2.05) is 36.5 Å². The van der Waals surface area contributed by atoms with Gasteiger partial charge in [-0.2, -0.15) is 0 Å². The number of aromatic amines is 1. The number of hydrogen-bond donors (Lipinski definition) is 2. The lowest BCUT2D eigenvalue weighted by Crippen LogP contribution is -2.27. The van der Waals surface area contributed by atoms with E-state index >= 15 is 0 Å². The first kappa shape index (κ1) is 19.6. The van der Waals surface area contributed by atoms with Crippen LogP contribution in [0.5, 0.6) is 0 Å². The molecule has 6 heteroatoms. The van der Waals surface area contributed by atoms with E-state index in [0.29, 0.717) is 12.2 Å². The molecule has 1 amide bonds. The molecule has 0 spiro atoms. The second-order valence-corrected chi connectivity index (χ2v) is 7.21. The highest BCUT2D eigenvalue weighted by atomic mass is 16.1. The average molecular weight is 399 g/mol. The van der Waals surface area contributed by atoms with E-state index in [4.69, 9.17) is 0 Å². The van der Waals surface area contributed by atoms with Gasteiger partial charge in [0, 0.05) is 35.9 Å². The normalized spacial score (nSPS) is 10.9. The molecule has 0 fully saturated rings. The van der Waals surface area contributed by atoms with Crippen LogP contribution in [0, 0.1) is 6.92 Å². The van der Waals surface area contributed by atoms with Crippen LogP contribution in [0.2, 0.25) is 0 Å². The predicted molar refractivity (Wildman–Crippen MR) is 120 cm³/mol. The Morgan fingerprint density at radius 2 is 1.97 bits per heavy atom. The highest BCUT2D eigenvalue weighted by Gasteiger charge is 2.12. The van der Waals surface area contributed by atoms with Crippen LogP contribution in [0.3, 0.4) is 0 Å². The first-order chi connectivity index (χ1) is 14.7. The molecule has 0 aliphatic rings. The smallest absolute Gasteiger partial charge is 0.271 e. The molecule has 0 atom stereocenters. The molecule has 4 rings (SSSR count). The third kappa shape index (κ3) is 4.17. The molecule has 4 aromatic rings. The summed E-state index contributed by atoms with van der Waals surface area (Å²) in [4.78, 5) is 26.6. The lowest BCUT2D eigenvalue weighted by atomic mass is 10.1. The number of nitrogens with one attached hydrogen (secondary N) is 2. The van der Waals surface area contributed by atoms with Crippen molar-refractivity contribution in [1.29, 1.82) is 0 Å². The highest BCUT2D eigenvalue weighted by molar-refractivity contribution is 5.92. The number of anilines is 2. The molecule has 0 bridgehead atoms. The molecule has 0 aliphatic carbocycles. The summed E-state index contributed by atoms with van der Waals surface area (Å²) >= 11 is 0. The van der Waals surface area contributed by atoms with E-state index in [2.05, 4.69) is 57.2 Å². The van der Waals surface area contributed by atoms with Crippen LogP contribution < -0.4 is 10.2 Å². The van der Waals surface area contributed by atoms with Crippen molar-refractivity contribution in [2.45, 2.75) is 20.3 Å². The summed E-state index contributed by atoms with van der Waals surface area (Å²) in [5.74, 6) is 0.505. The minimum atomic E-state index is -0.215. The van der Waals surface area contributed by atoms with Crippen molar-refractivity contribution >= 4 is 28.3 Å². The summed E-state index contributed by atoms with van der Waals surface area (Å²) in [5.41, 5.74) is 4.85. The van der Waals surface area contributed by atoms with Crippen molar-refractivity contribution in [3.63, 3.8) is 0 Å². The Morgan fingerprint density at radius 1 is 1.10 bits per heavy atom. The van der Waals surface area contributed by atoms with Gasteiger partial charge in [-0.1, -0.05) is 30.3 Å². The maximum atomic E-state index is 12.5. The van der Waals surface area contributed by atoms with Gasteiger partial charge < -0.3 is 15.2 Å². The first-order valence-corrected chi connectivity index (χ1v) is 10.1. The van der Waals surface area contributed by atoms with Gasteiger partial charge in [0.05, 0.1) is 12.4 Å². The number of aryl methyl sites for hydroxylation is 1. The van der Waals surface area contributed by atoms with Crippen molar-refractivity contribution < 1.29 is 4.79 Å². The molecule has 0 aliphatic heterocycles.